The van der Waals surface area contributed by atoms with Crippen molar-refractivity contribution in [1.82, 2.24) is 9.47 Å². The van der Waals surface area contributed by atoms with Gasteiger partial charge in [0, 0.05) is 35.4 Å². The third-order valence-electron chi connectivity index (χ3n) is 5.38. The van der Waals surface area contributed by atoms with Crippen molar-refractivity contribution in [2.45, 2.75) is 25.8 Å². The molecule has 29 heavy (non-hydrogen) atoms. The van der Waals surface area contributed by atoms with E-state index < -0.39 is 0 Å². The monoisotopic (exact) mass is 405 g/mol. The van der Waals surface area contributed by atoms with E-state index in [1.54, 1.807) is 18.2 Å². The van der Waals surface area contributed by atoms with Gasteiger partial charge >= 0.3 is 0 Å². The number of halogens is 1. The molecule has 6 heteroatoms. The number of nitrogens with two attached hydrogens (primary N) is 1. The van der Waals surface area contributed by atoms with Gasteiger partial charge in [-0.2, -0.15) is 5.26 Å². The number of anilines is 1. The second kappa shape index (κ2) is 8.69. The van der Waals surface area contributed by atoms with Crippen LogP contribution in [-0.4, -0.2) is 29.1 Å². The van der Waals surface area contributed by atoms with Crippen LogP contribution in [0.5, 0.6) is 0 Å². The van der Waals surface area contributed by atoms with Gasteiger partial charge in [-0.15, -0.1) is 0 Å². The van der Waals surface area contributed by atoms with Crippen molar-refractivity contribution in [1.29, 1.82) is 5.26 Å². The van der Waals surface area contributed by atoms with Crippen LogP contribution in [0.1, 0.15) is 24.8 Å². The van der Waals surface area contributed by atoms with Crippen molar-refractivity contribution in [2.75, 3.05) is 25.4 Å². The van der Waals surface area contributed by atoms with Crippen LogP contribution in [0.2, 0.25) is 5.02 Å². The summed E-state index contributed by atoms with van der Waals surface area (Å²) in [6.45, 7) is 4.31. The van der Waals surface area contributed by atoms with E-state index in [0.29, 0.717) is 22.0 Å². The summed E-state index contributed by atoms with van der Waals surface area (Å²) in [7, 11) is 0. The van der Waals surface area contributed by atoms with Crippen molar-refractivity contribution in [2.24, 2.45) is 4.99 Å². The Morgan fingerprint density at radius 1 is 1.03 bits per heavy atom. The maximum Gasteiger partial charge on any atom is 0.0993 e. The highest BCUT2D eigenvalue weighted by Gasteiger charge is 2.10. The van der Waals surface area contributed by atoms with Crippen LogP contribution >= 0.6 is 11.6 Å². The topological polar surface area (TPSA) is 70.3 Å². The molecule has 0 bridgehead atoms. The molecular weight excluding hydrogens is 382 g/mol. The minimum absolute atomic E-state index is 0.503. The smallest absolute Gasteiger partial charge is 0.0993 e. The molecule has 0 aliphatic carbocycles. The first-order chi connectivity index (χ1) is 14.1. The van der Waals surface area contributed by atoms with Crippen molar-refractivity contribution < 1.29 is 0 Å². The molecule has 1 fully saturated rings. The Morgan fingerprint density at radius 3 is 2.66 bits per heavy atom. The van der Waals surface area contributed by atoms with Gasteiger partial charge in [0.2, 0.25) is 0 Å². The molecule has 0 amide bonds. The first-order valence-corrected chi connectivity index (χ1v) is 10.4. The van der Waals surface area contributed by atoms with Crippen molar-refractivity contribution >= 4 is 33.9 Å². The molecule has 2 N–H and O–H groups in total. The van der Waals surface area contributed by atoms with Crippen LogP contribution in [0.4, 0.5) is 11.4 Å². The lowest BCUT2D eigenvalue weighted by Gasteiger charge is -2.27. The third kappa shape index (κ3) is 4.61. The lowest BCUT2D eigenvalue weighted by molar-refractivity contribution is 0.221. The van der Waals surface area contributed by atoms with E-state index in [1.807, 2.05) is 24.3 Å². The zero-order valence-corrected chi connectivity index (χ0v) is 17.1. The van der Waals surface area contributed by atoms with Gasteiger partial charge in [-0.25, -0.2) is 4.99 Å². The van der Waals surface area contributed by atoms with Crippen LogP contribution in [0.3, 0.4) is 0 Å². The van der Waals surface area contributed by atoms with E-state index in [9.17, 15) is 5.26 Å². The van der Waals surface area contributed by atoms with Gasteiger partial charge in [-0.3, -0.25) is 0 Å². The Morgan fingerprint density at radius 2 is 1.86 bits per heavy atom. The largest absolute Gasteiger partial charge is 0.399 e. The zero-order chi connectivity index (χ0) is 20.2. The summed E-state index contributed by atoms with van der Waals surface area (Å²) in [6, 6.07) is 15.2. The number of fused-ring (bicyclic) bond motifs is 1. The summed E-state index contributed by atoms with van der Waals surface area (Å²) in [6.07, 6.45) is 5.99. The molecule has 0 atom stereocenters. The standard InChI is InChI=1S/C23H24ClN5/c24-18-4-5-21-22(27-20-13-17(16-25)12-19(26)15-20)6-9-29(23(21)14-18)11-10-28-7-2-1-3-8-28/h4-6,9,12-15H,1-3,7-8,10-11,26H2/b27-22-. The summed E-state index contributed by atoms with van der Waals surface area (Å²) in [5.74, 6) is 0. The number of hydrogen-bond acceptors (Lipinski definition) is 4. The van der Waals surface area contributed by atoms with E-state index >= 15 is 0 Å². The Kier molecular flexibility index (Phi) is 5.84. The van der Waals surface area contributed by atoms with Gasteiger partial charge in [0.15, 0.2) is 0 Å². The van der Waals surface area contributed by atoms with Gasteiger partial charge in [0.05, 0.1) is 28.2 Å². The fraction of sp³-hybridized carbons (Fsp3) is 0.304. The first-order valence-electron chi connectivity index (χ1n) is 9.99. The molecule has 2 heterocycles. The highest BCUT2D eigenvalue weighted by Crippen LogP contribution is 2.21. The molecule has 5 nitrogen and oxygen atoms in total. The van der Waals surface area contributed by atoms with Gasteiger partial charge in [0.1, 0.15) is 0 Å². The molecule has 148 valence electrons. The molecule has 4 rings (SSSR count). The maximum absolute atomic E-state index is 9.19. The zero-order valence-electron chi connectivity index (χ0n) is 16.3. The van der Waals surface area contributed by atoms with E-state index in [0.717, 1.165) is 29.3 Å². The van der Waals surface area contributed by atoms with Crippen molar-refractivity contribution in [3.8, 4) is 6.07 Å². The van der Waals surface area contributed by atoms with Crippen LogP contribution < -0.4 is 11.1 Å². The highest BCUT2D eigenvalue weighted by molar-refractivity contribution is 6.31. The molecule has 1 aromatic heterocycles. The van der Waals surface area contributed by atoms with E-state index in [2.05, 4.69) is 21.7 Å². The molecule has 0 spiro atoms. The quantitative estimate of drug-likeness (QED) is 0.651. The summed E-state index contributed by atoms with van der Waals surface area (Å²) in [4.78, 5) is 7.29. The highest BCUT2D eigenvalue weighted by atomic mass is 35.5. The number of likely N-dealkylation sites (tertiary alicyclic amines) is 1. The average Bonchev–Trinajstić information content (AvgIpc) is 2.73. The normalized spacial score (nSPS) is 15.5. The molecule has 0 unspecified atom stereocenters. The van der Waals surface area contributed by atoms with Gasteiger partial charge in [-0.05, 0) is 68.4 Å². The number of hydrogen-bond donors (Lipinski definition) is 1. The summed E-state index contributed by atoms with van der Waals surface area (Å²) in [5.41, 5.74) is 8.68. The van der Waals surface area contributed by atoms with E-state index in [1.165, 1.54) is 32.4 Å². The number of rotatable bonds is 4. The Hall–Kier alpha value is -2.81. The van der Waals surface area contributed by atoms with Crippen molar-refractivity contribution in [3.63, 3.8) is 0 Å². The Bertz CT molecular complexity index is 1140. The van der Waals surface area contributed by atoms with Crippen LogP contribution in [-0.2, 0) is 6.54 Å². The predicted molar refractivity (Wildman–Crippen MR) is 118 cm³/mol. The predicted octanol–water partition coefficient (Wildman–Crippen LogP) is 4.47. The molecule has 2 aromatic carbocycles. The van der Waals surface area contributed by atoms with Gasteiger partial charge < -0.3 is 15.2 Å². The fourth-order valence-electron chi connectivity index (χ4n) is 3.92. The summed E-state index contributed by atoms with van der Waals surface area (Å²) < 4.78 is 2.24. The van der Waals surface area contributed by atoms with E-state index in [4.69, 9.17) is 22.3 Å². The van der Waals surface area contributed by atoms with Gasteiger partial charge in [-0.1, -0.05) is 18.0 Å². The first kappa shape index (κ1) is 19.5. The van der Waals surface area contributed by atoms with Crippen molar-refractivity contribution in [3.05, 3.63) is 64.6 Å². The lowest BCUT2D eigenvalue weighted by Crippen LogP contribution is -2.32. The maximum atomic E-state index is 9.19. The molecule has 0 saturated carbocycles. The summed E-state index contributed by atoms with van der Waals surface area (Å²) >= 11 is 6.31. The second-order valence-corrected chi connectivity index (χ2v) is 7.93. The Balaban J connectivity index is 1.73. The van der Waals surface area contributed by atoms with Crippen LogP contribution in [0, 0.1) is 11.3 Å². The number of benzene rings is 2. The number of pyridine rings is 1. The van der Waals surface area contributed by atoms with Gasteiger partial charge in [0.25, 0.3) is 0 Å². The molecule has 3 aromatic rings. The lowest BCUT2D eigenvalue weighted by atomic mass is 10.1. The number of nitriles is 1. The second-order valence-electron chi connectivity index (χ2n) is 7.49. The molecule has 1 aliphatic rings. The minimum atomic E-state index is 0.503. The fourth-order valence-corrected chi connectivity index (χ4v) is 4.08. The SMILES string of the molecule is N#Cc1cc(N)cc(/N=c2/ccn(CCN3CCCCC3)c3cc(Cl)ccc23)c1. The molecule has 1 aliphatic heterocycles. The number of piperidine rings is 1. The average molecular weight is 406 g/mol. The minimum Gasteiger partial charge on any atom is -0.399 e. The molecule has 0 radical (unpaired) electrons. The number of aromatic nitrogens is 1. The third-order valence-corrected chi connectivity index (χ3v) is 5.62. The van der Waals surface area contributed by atoms with Crippen LogP contribution in [0.25, 0.3) is 10.9 Å². The molecule has 1 saturated heterocycles. The molecular formula is C23H24ClN5. The summed E-state index contributed by atoms with van der Waals surface area (Å²) in [5, 5.41) is 11.8. The van der Waals surface area contributed by atoms with Crippen LogP contribution in [0.15, 0.2) is 53.7 Å². The van der Waals surface area contributed by atoms with E-state index in [-0.39, 0.29) is 0 Å². The number of nitrogen functional groups attached to an aromatic ring is 1. The number of nitrogens with zero attached hydrogens (tertiary/aromatic N) is 4. The Labute approximate surface area is 175 Å².